The molecule has 0 amide bonds. The predicted octanol–water partition coefficient (Wildman–Crippen LogP) is 2.97. The fraction of sp³-hybridized carbons (Fsp3) is 0.200. The van der Waals surface area contributed by atoms with Crippen LogP contribution in [0.15, 0.2) is 48.8 Å². The Morgan fingerprint density at radius 1 is 1.11 bits per heavy atom. The van der Waals surface area contributed by atoms with Crippen molar-refractivity contribution < 1.29 is 9.18 Å². The van der Waals surface area contributed by atoms with Gasteiger partial charge in [0.15, 0.2) is 0 Å². The van der Waals surface area contributed by atoms with Crippen LogP contribution >= 0.6 is 0 Å². The molecule has 0 aliphatic carbocycles. The maximum atomic E-state index is 13.4. The van der Waals surface area contributed by atoms with Gasteiger partial charge in [-0.15, -0.1) is 0 Å². The van der Waals surface area contributed by atoms with E-state index >= 15 is 0 Å². The van der Waals surface area contributed by atoms with Crippen molar-refractivity contribution in [2.75, 3.05) is 0 Å². The number of hydrogen-bond donors (Lipinski definition) is 0. The summed E-state index contributed by atoms with van der Waals surface area (Å²) in [5, 5.41) is 0. The number of ketones is 1. The number of carbonyl (C=O) groups is 1. The molecule has 92 valence electrons. The van der Waals surface area contributed by atoms with Gasteiger partial charge >= 0.3 is 0 Å². The van der Waals surface area contributed by atoms with Crippen molar-refractivity contribution in [3.05, 3.63) is 65.7 Å². The highest BCUT2D eigenvalue weighted by atomic mass is 19.1. The molecule has 0 aliphatic rings. The van der Waals surface area contributed by atoms with Gasteiger partial charge in [-0.05, 0) is 35.7 Å². The number of Topliss-reactive ketones (excluding diaryl/α,β-unsaturated/α-hetero) is 1. The minimum absolute atomic E-state index is 0.0527. The van der Waals surface area contributed by atoms with Crippen LogP contribution in [0, 0.1) is 5.82 Å². The average molecular weight is 243 g/mol. The van der Waals surface area contributed by atoms with Crippen LogP contribution < -0.4 is 0 Å². The zero-order chi connectivity index (χ0) is 12.8. The van der Waals surface area contributed by atoms with Gasteiger partial charge in [-0.1, -0.05) is 18.2 Å². The maximum absolute atomic E-state index is 13.4. The predicted molar refractivity (Wildman–Crippen MR) is 67.7 cm³/mol. The normalized spacial score (nSPS) is 10.3. The molecular formula is C15H14FNO. The SMILES string of the molecule is O=C(CCc1ccncc1)Cc1ccccc1F. The molecule has 1 aromatic heterocycles. The number of rotatable bonds is 5. The topological polar surface area (TPSA) is 30.0 Å². The van der Waals surface area contributed by atoms with Gasteiger partial charge in [-0.3, -0.25) is 9.78 Å². The van der Waals surface area contributed by atoms with E-state index in [2.05, 4.69) is 4.98 Å². The number of nitrogens with zero attached hydrogens (tertiary/aromatic N) is 1. The maximum Gasteiger partial charge on any atom is 0.137 e. The summed E-state index contributed by atoms with van der Waals surface area (Å²) in [5.41, 5.74) is 1.55. The van der Waals surface area contributed by atoms with Crippen molar-refractivity contribution in [3.63, 3.8) is 0 Å². The molecule has 0 atom stereocenters. The molecule has 0 radical (unpaired) electrons. The Labute approximate surface area is 105 Å². The van der Waals surface area contributed by atoms with Gasteiger partial charge < -0.3 is 0 Å². The second kappa shape index (κ2) is 6.05. The summed E-state index contributed by atoms with van der Waals surface area (Å²) in [7, 11) is 0. The fourth-order valence-electron chi connectivity index (χ4n) is 1.78. The van der Waals surface area contributed by atoms with Crippen molar-refractivity contribution in [1.29, 1.82) is 0 Å². The van der Waals surface area contributed by atoms with Gasteiger partial charge in [-0.25, -0.2) is 4.39 Å². The van der Waals surface area contributed by atoms with Crippen LogP contribution in [-0.2, 0) is 17.6 Å². The molecule has 3 heteroatoms. The summed E-state index contributed by atoms with van der Waals surface area (Å²) in [5.74, 6) is -0.258. The van der Waals surface area contributed by atoms with E-state index in [4.69, 9.17) is 0 Å². The number of halogens is 1. The first-order valence-corrected chi connectivity index (χ1v) is 5.90. The quantitative estimate of drug-likeness (QED) is 0.808. The Kier molecular flexibility index (Phi) is 4.18. The molecule has 0 N–H and O–H groups in total. The Balaban J connectivity index is 1.88. The van der Waals surface area contributed by atoms with Gasteiger partial charge in [0.05, 0.1) is 0 Å². The lowest BCUT2D eigenvalue weighted by molar-refractivity contribution is -0.118. The highest BCUT2D eigenvalue weighted by Crippen LogP contribution is 2.09. The van der Waals surface area contributed by atoms with E-state index in [-0.39, 0.29) is 18.0 Å². The first kappa shape index (κ1) is 12.4. The summed E-state index contributed by atoms with van der Waals surface area (Å²) in [6.45, 7) is 0. The van der Waals surface area contributed by atoms with E-state index in [1.165, 1.54) is 6.07 Å². The van der Waals surface area contributed by atoms with E-state index in [1.807, 2.05) is 12.1 Å². The summed E-state index contributed by atoms with van der Waals surface area (Å²) < 4.78 is 13.4. The molecule has 1 heterocycles. The molecule has 0 unspecified atom stereocenters. The molecule has 0 spiro atoms. The smallest absolute Gasteiger partial charge is 0.137 e. The van der Waals surface area contributed by atoms with Crippen LogP contribution in [0.3, 0.4) is 0 Å². The third kappa shape index (κ3) is 3.48. The Morgan fingerprint density at radius 2 is 1.83 bits per heavy atom. The Bertz CT molecular complexity index is 525. The zero-order valence-electron chi connectivity index (χ0n) is 9.97. The third-order valence-electron chi connectivity index (χ3n) is 2.79. The molecule has 0 saturated carbocycles. The van der Waals surface area contributed by atoms with Gasteiger partial charge in [0.25, 0.3) is 0 Å². The molecule has 18 heavy (non-hydrogen) atoms. The van der Waals surface area contributed by atoms with Crippen molar-refractivity contribution in [2.24, 2.45) is 0 Å². The van der Waals surface area contributed by atoms with Crippen LogP contribution in [0.1, 0.15) is 17.5 Å². The fourth-order valence-corrected chi connectivity index (χ4v) is 1.78. The Morgan fingerprint density at radius 3 is 2.56 bits per heavy atom. The summed E-state index contributed by atoms with van der Waals surface area (Å²) >= 11 is 0. The minimum atomic E-state index is -0.310. The van der Waals surface area contributed by atoms with Crippen LogP contribution in [-0.4, -0.2) is 10.8 Å². The lowest BCUT2D eigenvalue weighted by Crippen LogP contribution is -2.05. The molecule has 0 fully saturated rings. The lowest BCUT2D eigenvalue weighted by Gasteiger charge is -2.03. The van der Waals surface area contributed by atoms with Crippen LogP contribution in [0.2, 0.25) is 0 Å². The van der Waals surface area contributed by atoms with Crippen molar-refractivity contribution in [1.82, 2.24) is 4.98 Å². The molecule has 2 aromatic rings. The molecule has 2 rings (SSSR count). The third-order valence-corrected chi connectivity index (χ3v) is 2.79. The highest BCUT2D eigenvalue weighted by molar-refractivity contribution is 5.81. The van der Waals surface area contributed by atoms with Crippen molar-refractivity contribution in [2.45, 2.75) is 19.3 Å². The first-order chi connectivity index (χ1) is 8.75. The van der Waals surface area contributed by atoms with E-state index in [1.54, 1.807) is 30.6 Å². The number of aryl methyl sites for hydroxylation is 1. The van der Waals surface area contributed by atoms with Crippen LogP contribution in [0.4, 0.5) is 4.39 Å². The van der Waals surface area contributed by atoms with E-state index < -0.39 is 0 Å². The molecule has 1 aromatic carbocycles. The average Bonchev–Trinajstić information content (AvgIpc) is 2.40. The lowest BCUT2D eigenvalue weighted by atomic mass is 10.0. The van der Waals surface area contributed by atoms with Gasteiger partial charge in [0.2, 0.25) is 0 Å². The van der Waals surface area contributed by atoms with Crippen LogP contribution in [0.5, 0.6) is 0 Å². The largest absolute Gasteiger partial charge is 0.299 e. The second-order valence-corrected chi connectivity index (χ2v) is 4.16. The number of carbonyl (C=O) groups excluding carboxylic acids is 1. The minimum Gasteiger partial charge on any atom is -0.299 e. The summed E-state index contributed by atoms with van der Waals surface area (Å²) in [4.78, 5) is 15.7. The van der Waals surface area contributed by atoms with E-state index in [0.717, 1.165) is 5.56 Å². The molecule has 0 aliphatic heterocycles. The van der Waals surface area contributed by atoms with Gasteiger partial charge in [0.1, 0.15) is 11.6 Å². The molecule has 0 bridgehead atoms. The van der Waals surface area contributed by atoms with Gasteiger partial charge in [0, 0.05) is 25.2 Å². The van der Waals surface area contributed by atoms with E-state index in [0.29, 0.717) is 18.4 Å². The van der Waals surface area contributed by atoms with Gasteiger partial charge in [-0.2, -0.15) is 0 Å². The standard InChI is InChI=1S/C15H14FNO/c16-15-4-2-1-3-13(15)11-14(18)6-5-12-7-9-17-10-8-12/h1-4,7-10H,5-6,11H2. The Hall–Kier alpha value is -2.03. The monoisotopic (exact) mass is 243 g/mol. The van der Waals surface area contributed by atoms with Crippen molar-refractivity contribution >= 4 is 5.78 Å². The van der Waals surface area contributed by atoms with Crippen molar-refractivity contribution in [3.8, 4) is 0 Å². The first-order valence-electron chi connectivity index (χ1n) is 5.90. The summed E-state index contributed by atoms with van der Waals surface area (Å²) in [6.07, 6.45) is 4.68. The number of aromatic nitrogens is 1. The van der Waals surface area contributed by atoms with Crippen LogP contribution in [0.25, 0.3) is 0 Å². The molecule has 2 nitrogen and oxygen atoms in total. The number of hydrogen-bond acceptors (Lipinski definition) is 2. The zero-order valence-corrected chi connectivity index (χ0v) is 9.97. The molecular weight excluding hydrogens is 229 g/mol. The highest BCUT2D eigenvalue weighted by Gasteiger charge is 2.07. The number of pyridine rings is 1. The number of benzene rings is 1. The molecule has 0 saturated heterocycles. The second-order valence-electron chi connectivity index (χ2n) is 4.16. The summed E-state index contributed by atoms with van der Waals surface area (Å²) in [6, 6.07) is 10.2. The van der Waals surface area contributed by atoms with E-state index in [9.17, 15) is 9.18 Å².